The molecule has 4 rings (SSSR count). The molecule has 1 heterocycles. The predicted octanol–water partition coefficient (Wildman–Crippen LogP) is 6.90. The average molecular weight is 456 g/mol. The van der Waals surface area contributed by atoms with Crippen LogP contribution in [0.3, 0.4) is 0 Å². The molecule has 0 saturated carbocycles. The van der Waals surface area contributed by atoms with E-state index in [9.17, 15) is 9.59 Å². The van der Waals surface area contributed by atoms with Gasteiger partial charge >= 0.3 is 0 Å². The zero-order chi connectivity index (χ0) is 24.1. The second-order valence-corrected chi connectivity index (χ2v) is 9.17. The summed E-state index contributed by atoms with van der Waals surface area (Å²) >= 11 is 0. The number of ether oxygens (including phenoxy) is 1. The fourth-order valence-corrected chi connectivity index (χ4v) is 4.82. The topological polar surface area (TPSA) is 46.6 Å². The minimum atomic E-state index is -0.159. The summed E-state index contributed by atoms with van der Waals surface area (Å²) in [6.45, 7) is 7.64. The molecular formula is C30H33NO3. The molecule has 0 unspecified atom stereocenters. The van der Waals surface area contributed by atoms with Crippen LogP contribution in [-0.2, 0) is 0 Å². The monoisotopic (exact) mass is 455 g/mol. The molecule has 1 aliphatic rings. The molecule has 2 amide bonds. The van der Waals surface area contributed by atoms with Crippen LogP contribution in [0.15, 0.2) is 60.7 Å². The van der Waals surface area contributed by atoms with Gasteiger partial charge in [-0.05, 0) is 85.7 Å². The highest BCUT2D eigenvalue weighted by Crippen LogP contribution is 2.33. The molecule has 0 atom stereocenters. The number of benzene rings is 3. The maximum Gasteiger partial charge on any atom is 0.261 e. The Kier molecular flexibility index (Phi) is 7.46. The zero-order valence-corrected chi connectivity index (χ0v) is 20.4. The van der Waals surface area contributed by atoms with Crippen molar-refractivity contribution in [2.75, 3.05) is 13.2 Å². The number of aryl methyl sites for hydroxylation is 3. The smallest absolute Gasteiger partial charge is 0.261 e. The Hall–Kier alpha value is -3.40. The summed E-state index contributed by atoms with van der Waals surface area (Å²) in [7, 11) is 0. The van der Waals surface area contributed by atoms with Crippen molar-refractivity contribution in [3.05, 3.63) is 88.5 Å². The third-order valence-electron chi connectivity index (χ3n) is 6.59. The fourth-order valence-electron chi connectivity index (χ4n) is 4.82. The van der Waals surface area contributed by atoms with E-state index in [0.717, 1.165) is 37.9 Å². The fraction of sp³-hybridized carbons (Fsp3) is 0.333. The first kappa shape index (κ1) is 23.7. The van der Waals surface area contributed by atoms with E-state index in [-0.39, 0.29) is 11.8 Å². The average Bonchev–Trinajstić information content (AvgIpc) is 3.06. The third kappa shape index (κ3) is 5.06. The van der Waals surface area contributed by atoms with Crippen molar-refractivity contribution in [1.82, 2.24) is 4.90 Å². The molecule has 4 heteroatoms. The van der Waals surface area contributed by atoms with E-state index in [4.69, 9.17) is 4.74 Å². The predicted molar refractivity (Wildman–Crippen MR) is 136 cm³/mol. The standard InChI is InChI=1S/C30H33NO3/c1-21-13-7-8-14-25(21)28-22(2)19-24(20-23(28)3)34-18-12-6-4-5-11-17-31-29(32)26-15-9-10-16-27(26)30(31)33/h7-10,13-16,19-20H,4-6,11-12,17-18H2,1-3H3. The number of imide groups is 1. The Morgan fingerprint density at radius 2 is 1.18 bits per heavy atom. The van der Waals surface area contributed by atoms with Crippen LogP contribution in [0, 0.1) is 20.8 Å². The quantitative estimate of drug-likeness (QED) is 0.247. The van der Waals surface area contributed by atoms with E-state index in [0.29, 0.717) is 24.3 Å². The molecular weight excluding hydrogens is 422 g/mol. The highest BCUT2D eigenvalue weighted by atomic mass is 16.5. The van der Waals surface area contributed by atoms with Gasteiger partial charge in [0.05, 0.1) is 17.7 Å². The third-order valence-corrected chi connectivity index (χ3v) is 6.59. The van der Waals surface area contributed by atoms with Gasteiger partial charge in [0.15, 0.2) is 0 Å². The largest absolute Gasteiger partial charge is 0.494 e. The van der Waals surface area contributed by atoms with E-state index < -0.39 is 0 Å². The van der Waals surface area contributed by atoms with Crippen molar-refractivity contribution in [2.45, 2.75) is 52.9 Å². The number of unbranched alkanes of at least 4 members (excludes halogenated alkanes) is 4. The van der Waals surface area contributed by atoms with Crippen LogP contribution in [0.1, 0.15) is 69.5 Å². The Morgan fingerprint density at radius 1 is 0.647 bits per heavy atom. The summed E-state index contributed by atoms with van der Waals surface area (Å²) in [6.07, 6.45) is 4.96. The van der Waals surface area contributed by atoms with Gasteiger partial charge in [-0.2, -0.15) is 0 Å². The Morgan fingerprint density at radius 3 is 1.79 bits per heavy atom. The van der Waals surface area contributed by atoms with Gasteiger partial charge in [0.2, 0.25) is 0 Å². The molecule has 0 N–H and O–H groups in total. The van der Waals surface area contributed by atoms with Gasteiger partial charge in [0.25, 0.3) is 11.8 Å². The number of fused-ring (bicyclic) bond motifs is 1. The molecule has 0 bridgehead atoms. The summed E-state index contributed by atoms with van der Waals surface area (Å²) in [5.41, 5.74) is 7.39. The summed E-state index contributed by atoms with van der Waals surface area (Å²) in [5.74, 6) is 0.610. The van der Waals surface area contributed by atoms with Gasteiger partial charge < -0.3 is 4.74 Å². The number of hydrogen-bond acceptors (Lipinski definition) is 3. The lowest BCUT2D eigenvalue weighted by atomic mass is 9.92. The molecule has 0 fully saturated rings. The lowest BCUT2D eigenvalue weighted by Gasteiger charge is -2.15. The molecule has 4 nitrogen and oxygen atoms in total. The maximum absolute atomic E-state index is 12.4. The SMILES string of the molecule is Cc1ccccc1-c1c(C)cc(OCCCCCCCN2C(=O)c3ccccc3C2=O)cc1C. The highest BCUT2D eigenvalue weighted by molar-refractivity contribution is 6.21. The molecule has 3 aromatic carbocycles. The molecule has 0 radical (unpaired) electrons. The number of nitrogens with zero attached hydrogens (tertiary/aromatic N) is 1. The van der Waals surface area contributed by atoms with E-state index in [2.05, 4.69) is 57.2 Å². The Labute approximate surface area is 202 Å². The number of carbonyl (C=O) groups is 2. The van der Waals surface area contributed by atoms with Gasteiger partial charge in [-0.25, -0.2) is 0 Å². The van der Waals surface area contributed by atoms with E-state index >= 15 is 0 Å². The van der Waals surface area contributed by atoms with E-state index in [1.54, 1.807) is 24.3 Å². The van der Waals surface area contributed by atoms with Crippen LogP contribution in [-0.4, -0.2) is 29.9 Å². The molecule has 0 saturated heterocycles. The molecule has 0 aliphatic carbocycles. The zero-order valence-electron chi connectivity index (χ0n) is 20.4. The van der Waals surface area contributed by atoms with Crippen LogP contribution in [0.4, 0.5) is 0 Å². The van der Waals surface area contributed by atoms with E-state index in [1.165, 1.54) is 32.7 Å². The van der Waals surface area contributed by atoms with Gasteiger partial charge in [-0.3, -0.25) is 14.5 Å². The number of hydrogen-bond donors (Lipinski definition) is 0. The molecule has 34 heavy (non-hydrogen) atoms. The number of carbonyl (C=O) groups excluding carboxylic acids is 2. The van der Waals surface area contributed by atoms with Crippen molar-refractivity contribution in [3.8, 4) is 16.9 Å². The first-order valence-corrected chi connectivity index (χ1v) is 12.2. The van der Waals surface area contributed by atoms with Crippen molar-refractivity contribution >= 4 is 11.8 Å². The first-order valence-electron chi connectivity index (χ1n) is 12.2. The Balaban J connectivity index is 1.17. The lowest BCUT2D eigenvalue weighted by molar-refractivity contribution is 0.0651. The number of amides is 2. The van der Waals surface area contributed by atoms with Crippen LogP contribution in [0.2, 0.25) is 0 Å². The second-order valence-electron chi connectivity index (χ2n) is 9.17. The van der Waals surface area contributed by atoms with Crippen molar-refractivity contribution in [3.63, 3.8) is 0 Å². The van der Waals surface area contributed by atoms with Gasteiger partial charge in [0.1, 0.15) is 5.75 Å². The van der Waals surface area contributed by atoms with Crippen LogP contribution in [0.5, 0.6) is 5.75 Å². The molecule has 1 aliphatic heterocycles. The van der Waals surface area contributed by atoms with Gasteiger partial charge in [-0.15, -0.1) is 0 Å². The van der Waals surface area contributed by atoms with Crippen molar-refractivity contribution < 1.29 is 14.3 Å². The first-order chi connectivity index (χ1) is 16.5. The lowest BCUT2D eigenvalue weighted by Crippen LogP contribution is -2.30. The van der Waals surface area contributed by atoms with Crippen molar-refractivity contribution in [2.24, 2.45) is 0 Å². The summed E-state index contributed by atoms with van der Waals surface area (Å²) in [4.78, 5) is 26.2. The molecule has 0 spiro atoms. The molecule has 0 aromatic heterocycles. The van der Waals surface area contributed by atoms with Gasteiger partial charge in [-0.1, -0.05) is 55.7 Å². The van der Waals surface area contributed by atoms with Crippen LogP contribution in [0.25, 0.3) is 11.1 Å². The minimum absolute atomic E-state index is 0.159. The maximum atomic E-state index is 12.4. The summed E-state index contributed by atoms with van der Waals surface area (Å²) in [6, 6.07) is 19.8. The highest BCUT2D eigenvalue weighted by Gasteiger charge is 2.34. The minimum Gasteiger partial charge on any atom is -0.494 e. The normalized spacial score (nSPS) is 12.9. The van der Waals surface area contributed by atoms with E-state index in [1.807, 2.05) is 0 Å². The molecule has 176 valence electrons. The second kappa shape index (κ2) is 10.7. The van der Waals surface area contributed by atoms with Crippen molar-refractivity contribution in [1.29, 1.82) is 0 Å². The van der Waals surface area contributed by atoms with Crippen LogP contribution < -0.4 is 4.74 Å². The molecule has 3 aromatic rings. The Bertz CT molecular complexity index is 1140. The number of rotatable bonds is 10. The van der Waals surface area contributed by atoms with Gasteiger partial charge in [0, 0.05) is 6.54 Å². The summed E-state index contributed by atoms with van der Waals surface area (Å²) < 4.78 is 6.04. The summed E-state index contributed by atoms with van der Waals surface area (Å²) in [5, 5.41) is 0. The van der Waals surface area contributed by atoms with Crippen LogP contribution >= 0.6 is 0 Å².